The maximum atomic E-state index is 14.3. The fraction of sp³-hybridized carbons (Fsp3) is 0.297. The van der Waals surface area contributed by atoms with Crippen molar-refractivity contribution in [3.63, 3.8) is 0 Å². The molecule has 0 fully saturated rings. The number of hydrogen-bond acceptors (Lipinski definition) is 7. The van der Waals surface area contributed by atoms with E-state index in [0.717, 1.165) is 16.7 Å². The van der Waals surface area contributed by atoms with Gasteiger partial charge in [-0.2, -0.15) is 4.31 Å². The number of halogens is 1. The summed E-state index contributed by atoms with van der Waals surface area (Å²) in [4.78, 5) is 25.7. The molecular formula is C37H43ClN4O6S. The van der Waals surface area contributed by atoms with Crippen LogP contribution in [0.25, 0.3) is 0 Å². The lowest BCUT2D eigenvalue weighted by atomic mass is 9.97. The van der Waals surface area contributed by atoms with Crippen LogP contribution in [0.5, 0.6) is 5.75 Å². The summed E-state index contributed by atoms with van der Waals surface area (Å²) in [6.45, 7) is 4.73. The highest BCUT2D eigenvalue weighted by Crippen LogP contribution is 2.30. The van der Waals surface area contributed by atoms with Gasteiger partial charge >= 0.3 is 6.09 Å². The smallest absolute Gasteiger partial charge is 0.408 e. The summed E-state index contributed by atoms with van der Waals surface area (Å²) in [6.07, 6.45) is -1.79. The molecule has 260 valence electrons. The molecule has 0 saturated heterocycles. The largest absolute Gasteiger partial charge is 0.410 e. The number of alkyl halides is 1. The van der Waals surface area contributed by atoms with E-state index in [9.17, 15) is 23.1 Å². The van der Waals surface area contributed by atoms with E-state index in [0.29, 0.717) is 19.5 Å². The monoisotopic (exact) mass is 706 g/mol. The third-order valence-electron chi connectivity index (χ3n) is 7.81. The Kier molecular flexibility index (Phi) is 13.7. The molecule has 0 heterocycles. The van der Waals surface area contributed by atoms with Crippen LogP contribution in [0.15, 0.2) is 114 Å². The minimum Gasteiger partial charge on any atom is -0.408 e. The number of rotatable bonds is 17. The predicted octanol–water partition coefficient (Wildman–Crippen LogP) is 5.64. The van der Waals surface area contributed by atoms with Crippen LogP contribution >= 0.6 is 11.6 Å². The van der Waals surface area contributed by atoms with E-state index in [1.54, 1.807) is 0 Å². The normalized spacial score (nSPS) is 13.0. The average molecular weight is 707 g/mol. The van der Waals surface area contributed by atoms with Crippen LogP contribution in [0.2, 0.25) is 0 Å². The molecule has 0 aliphatic carbocycles. The standard InChI is InChI=1S/C37H43ClN4O6S/c1-27(2)23-42(49(46,47)31-18-19-35(48-37(39)45)32(21-31)40-36(44)22-38)26-34(43)33(20-28-12-6-3-7-13-28)41(24-29-14-8-4-9-15-29)25-30-16-10-5-11-17-30/h3-19,21,27,33-34,43H,20,22-26H2,1-2H3,(H2,39,45)(H,40,44)/t33-,34+/m0/s1. The molecule has 0 saturated carbocycles. The summed E-state index contributed by atoms with van der Waals surface area (Å²) in [7, 11) is -4.25. The average Bonchev–Trinajstić information content (AvgIpc) is 3.08. The van der Waals surface area contributed by atoms with E-state index >= 15 is 0 Å². The van der Waals surface area contributed by atoms with Crippen LogP contribution in [0.4, 0.5) is 10.5 Å². The van der Waals surface area contributed by atoms with Gasteiger partial charge in [0.1, 0.15) is 5.88 Å². The van der Waals surface area contributed by atoms with Gasteiger partial charge in [0.05, 0.1) is 16.7 Å². The fourth-order valence-electron chi connectivity index (χ4n) is 5.60. The fourth-order valence-corrected chi connectivity index (χ4v) is 7.31. The van der Waals surface area contributed by atoms with Crippen LogP contribution in [0.3, 0.4) is 0 Å². The first kappa shape index (κ1) is 37.6. The predicted molar refractivity (Wildman–Crippen MR) is 192 cm³/mol. The number of ether oxygens (including phenoxy) is 1. The van der Waals surface area contributed by atoms with E-state index in [1.807, 2.05) is 105 Å². The Morgan fingerprint density at radius 3 is 1.86 bits per heavy atom. The number of aliphatic hydroxyl groups excluding tert-OH is 1. The van der Waals surface area contributed by atoms with Crippen molar-refractivity contribution in [1.82, 2.24) is 9.21 Å². The van der Waals surface area contributed by atoms with Crippen molar-refractivity contribution in [2.75, 3.05) is 24.3 Å². The van der Waals surface area contributed by atoms with Crippen molar-refractivity contribution in [1.29, 1.82) is 0 Å². The van der Waals surface area contributed by atoms with Gasteiger partial charge < -0.3 is 20.9 Å². The molecule has 4 aromatic carbocycles. The molecule has 0 unspecified atom stereocenters. The number of nitrogens with one attached hydrogen (secondary N) is 1. The van der Waals surface area contributed by atoms with Crippen LogP contribution in [0.1, 0.15) is 30.5 Å². The molecule has 0 aliphatic heterocycles. The van der Waals surface area contributed by atoms with Crippen molar-refractivity contribution in [3.05, 3.63) is 126 Å². The van der Waals surface area contributed by atoms with Crippen molar-refractivity contribution >= 4 is 39.3 Å². The molecule has 0 bridgehead atoms. The lowest BCUT2D eigenvalue weighted by molar-refractivity contribution is -0.113. The zero-order valence-corrected chi connectivity index (χ0v) is 29.2. The molecule has 0 aromatic heterocycles. The molecule has 4 aromatic rings. The molecule has 2 atom stereocenters. The molecule has 4 rings (SSSR count). The number of aliphatic hydroxyl groups is 1. The number of sulfonamides is 1. The van der Waals surface area contributed by atoms with Gasteiger partial charge in [0, 0.05) is 32.2 Å². The van der Waals surface area contributed by atoms with Crippen LogP contribution < -0.4 is 15.8 Å². The van der Waals surface area contributed by atoms with Gasteiger partial charge in [-0.15, -0.1) is 11.6 Å². The number of carbonyl (C=O) groups is 2. The molecular weight excluding hydrogens is 664 g/mol. The Morgan fingerprint density at radius 2 is 1.37 bits per heavy atom. The highest BCUT2D eigenvalue weighted by atomic mass is 35.5. The Morgan fingerprint density at radius 1 is 0.837 bits per heavy atom. The Labute approximate surface area is 293 Å². The van der Waals surface area contributed by atoms with Crippen LogP contribution in [-0.4, -0.2) is 65.8 Å². The Balaban J connectivity index is 1.74. The van der Waals surface area contributed by atoms with Gasteiger partial charge in [-0.05, 0) is 47.2 Å². The van der Waals surface area contributed by atoms with E-state index in [-0.39, 0.29) is 35.3 Å². The Bertz CT molecular complexity index is 1720. The second-order valence-corrected chi connectivity index (χ2v) is 14.4. The molecule has 12 heteroatoms. The lowest BCUT2D eigenvalue weighted by Crippen LogP contribution is -2.50. The van der Waals surface area contributed by atoms with Crippen molar-refractivity contribution in [3.8, 4) is 5.75 Å². The maximum absolute atomic E-state index is 14.3. The molecule has 4 N–H and O–H groups in total. The topological polar surface area (TPSA) is 142 Å². The molecule has 49 heavy (non-hydrogen) atoms. The first-order valence-corrected chi connectivity index (χ1v) is 17.9. The number of nitrogens with two attached hydrogens (primary N) is 1. The molecule has 0 aliphatic rings. The van der Waals surface area contributed by atoms with E-state index in [1.165, 1.54) is 22.5 Å². The number of amides is 2. The summed E-state index contributed by atoms with van der Waals surface area (Å²) in [5.74, 6) is -1.28. The number of benzene rings is 4. The number of primary amides is 1. The van der Waals surface area contributed by atoms with Gasteiger partial charge in [0.15, 0.2) is 5.75 Å². The summed E-state index contributed by atoms with van der Waals surface area (Å²) < 4.78 is 34.9. The lowest BCUT2D eigenvalue weighted by Gasteiger charge is -2.37. The number of nitrogens with zero attached hydrogens (tertiary/aromatic N) is 2. The summed E-state index contributed by atoms with van der Waals surface area (Å²) in [5, 5.41) is 14.6. The second-order valence-electron chi connectivity index (χ2n) is 12.2. The minimum absolute atomic E-state index is 0.0885. The number of anilines is 1. The van der Waals surface area contributed by atoms with Gasteiger partial charge in [0.2, 0.25) is 15.9 Å². The zero-order chi connectivity index (χ0) is 35.4. The Hall–Kier alpha value is -4.26. The SMILES string of the molecule is CC(C)CN(C[C@@H](O)[C@H](Cc1ccccc1)N(Cc1ccccc1)Cc1ccccc1)S(=O)(=O)c1ccc(OC(N)=O)c(NC(=O)CCl)c1. The molecule has 2 amide bonds. The van der Waals surface area contributed by atoms with Gasteiger partial charge in [-0.3, -0.25) is 9.69 Å². The number of hydrogen-bond donors (Lipinski definition) is 3. The van der Waals surface area contributed by atoms with Gasteiger partial charge in [-0.1, -0.05) is 105 Å². The summed E-state index contributed by atoms with van der Waals surface area (Å²) in [5.41, 5.74) is 8.21. The van der Waals surface area contributed by atoms with Crippen molar-refractivity contribution in [2.45, 2.75) is 50.4 Å². The van der Waals surface area contributed by atoms with Crippen LogP contribution in [-0.2, 0) is 34.3 Å². The highest BCUT2D eigenvalue weighted by molar-refractivity contribution is 7.89. The minimum atomic E-state index is -4.25. The van der Waals surface area contributed by atoms with Crippen molar-refractivity contribution in [2.24, 2.45) is 11.7 Å². The third kappa shape index (κ3) is 11.1. The summed E-state index contributed by atoms with van der Waals surface area (Å²) >= 11 is 5.67. The maximum Gasteiger partial charge on any atom is 0.410 e. The highest BCUT2D eigenvalue weighted by Gasteiger charge is 2.34. The first-order chi connectivity index (χ1) is 23.5. The third-order valence-corrected chi connectivity index (χ3v) is 9.88. The van der Waals surface area contributed by atoms with Gasteiger partial charge in [0.25, 0.3) is 0 Å². The first-order valence-electron chi connectivity index (χ1n) is 16.0. The second kappa shape index (κ2) is 17.9. The molecule has 10 nitrogen and oxygen atoms in total. The number of carbonyl (C=O) groups excluding carboxylic acids is 2. The zero-order valence-electron chi connectivity index (χ0n) is 27.6. The molecule has 0 radical (unpaired) electrons. The van der Waals surface area contributed by atoms with Gasteiger partial charge in [-0.25, -0.2) is 13.2 Å². The van der Waals surface area contributed by atoms with E-state index in [4.69, 9.17) is 22.1 Å². The molecule has 0 spiro atoms. The van der Waals surface area contributed by atoms with Crippen molar-refractivity contribution < 1.29 is 27.9 Å². The summed E-state index contributed by atoms with van der Waals surface area (Å²) in [6, 6.07) is 33.0. The van der Waals surface area contributed by atoms with E-state index in [2.05, 4.69) is 10.2 Å². The quantitative estimate of drug-likeness (QED) is 0.121. The van der Waals surface area contributed by atoms with E-state index < -0.39 is 40.0 Å². The van der Waals surface area contributed by atoms with Crippen LogP contribution in [0, 0.1) is 5.92 Å².